The SMILES string of the molecule is CCNC(=NCc1c(C)noc1C)NC1CC(OC)C1(C)C.I. The maximum atomic E-state index is 5.50. The van der Waals surface area contributed by atoms with E-state index in [0.29, 0.717) is 18.7 Å². The van der Waals surface area contributed by atoms with Crippen LogP contribution in [0.15, 0.2) is 9.52 Å². The Morgan fingerprint density at radius 1 is 1.43 bits per heavy atom. The molecule has 0 amide bonds. The minimum atomic E-state index is 0. The Morgan fingerprint density at radius 3 is 2.61 bits per heavy atom. The van der Waals surface area contributed by atoms with Gasteiger partial charge in [0.1, 0.15) is 5.76 Å². The number of ether oxygens (including phenoxy) is 1. The largest absolute Gasteiger partial charge is 0.381 e. The summed E-state index contributed by atoms with van der Waals surface area (Å²) in [6.45, 7) is 11.8. The van der Waals surface area contributed by atoms with E-state index >= 15 is 0 Å². The summed E-state index contributed by atoms with van der Waals surface area (Å²) >= 11 is 0. The van der Waals surface area contributed by atoms with Crippen molar-refractivity contribution in [2.45, 2.75) is 59.7 Å². The summed E-state index contributed by atoms with van der Waals surface area (Å²) in [7, 11) is 1.78. The second kappa shape index (κ2) is 8.32. The molecular weight excluding hydrogens is 407 g/mol. The first-order valence-electron chi connectivity index (χ1n) is 7.89. The predicted octanol–water partition coefficient (Wildman–Crippen LogP) is 2.78. The van der Waals surface area contributed by atoms with E-state index < -0.39 is 0 Å². The van der Waals surface area contributed by atoms with E-state index in [9.17, 15) is 0 Å². The van der Waals surface area contributed by atoms with Gasteiger partial charge >= 0.3 is 0 Å². The molecule has 1 saturated carbocycles. The number of nitrogens with one attached hydrogen (secondary N) is 2. The van der Waals surface area contributed by atoms with Crippen molar-refractivity contribution in [1.82, 2.24) is 15.8 Å². The fraction of sp³-hybridized carbons (Fsp3) is 0.750. The number of halogens is 1. The molecule has 2 rings (SSSR count). The first kappa shape index (κ1) is 20.2. The Morgan fingerprint density at radius 2 is 2.13 bits per heavy atom. The predicted molar refractivity (Wildman–Crippen MR) is 102 cm³/mol. The van der Waals surface area contributed by atoms with Crippen LogP contribution in [0, 0.1) is 19.3 Å². The summed E-state index contributed by atoms with van der Waals surface area (Å²) in [6.07, 6.45) is 1.30. The molecule has 0 spiro atoms. The lowest BCUT2D eigenvalue weighted by molar-refractivity contribution is -0.0922. The highest BCUT2D eigenvalue weighted by atomic mass is 127. The van der Waals surface area contributed by atoms with Crippen LogP contribution in [0.5, 0.6) is 0 Å². The number of aromatic nitrogens is 1. The van der Waals surface area contributed by atoms with Crippen LogP contribution in [0.1, 0.15) is 44.2 Å². The second-order valence-electron chi connectivity index (χ2n) is 6.48. The highest BCUT2D eigenvalue weighted by molar-refractivity contribution is 14.0. The molecule has 1 aromatic heterocycles. The molecule has 0 bridgehead atoms. The number of hydrogen-bond donors (Lipinski definition) is 2. The number of methoxy groups -OCH3 is 1. The van der Waals surface area contributed by atoms with Crippen molar-refractivity contribution in [3.63, 3.8) is 0 Å². The lowest BCUT2D eigenvalue weighted by atomic mass is 9.64. The Balaban J connectivity index is 0.00000264. The van der Waals surface area contributed by atoms with Crippen LogP contribution in [0.25, 0.3) is 0 Å². The number of rotatable bonds is 5. The topological polar surface area (TPSA) is 71.7 Å². The molecule has 0 radical (unpaired) electrons. The van der Waals surface area contributed by atoms with Gasteiger partial charge in [0.25, 0.3) is 0 Å². The van der Waals surface area contributed by atoms with Crippen molar-refractivity contribution >= 4 is 29.9 Å². The van der Waals surface area contributed by atoms with Crippen molar-refractivity contribution in [1.29, 1.82) is 0 Å². The monoisotopic (exact) mass is 436 g/mol. The maximum absolute atomic E-state index is 5.50. The van der Waals surface area contributed by atoms with E-state index in [2.05, 4.69) is 41.6 Å². The normalized spacial score (nSPS) is 23.0. The highest BCUT2D eigenvalue weighted by Crippen LogP contribution is 2.42. The molecule has 1 aliphatic carbocycles. The molecule has 0 saturated heterocycles. The lowest BCUT2D eigenvalue weighted by Gasteiger charge is -2.51. The average Bonchev–Trinajstić information content (AvgIpc) is 2.79. The quantitative estimate of drug-likeness (QED) is 0.422. The molecule has 0 aromatic carbocycles. The van der Waals surface area contributed by atoms with Crippen molar-refractivity contribution in [2.75, 3.05) is 13.7 Å². The van der Waals surface area contributed by atoms with E-state index in [4.69, 9.17) is 9.26 Å². The van der Waals surface area contributed by atoms with Crippen LogP contribution in [0.4, 0.5) is 0 Å². The summed E-state index contributed by atoms with van der Waals surface area (Å²) in [5, 5.41) is 10.8. The summed E-state index contributed by atoms with van der Waals surface area (Å²) < 4.78 is 10.7. The molecule has 6 nitrogen and oxygen atoms in total. The molecule has 2 unspecified atom stereocenters. The van der Waals surface area contributed by atoms with Gasteiger partial charge < -0.3 is 19.9 Å². The van der Waals surface area contributed by atoms with Crippen LogP contribution in [-0.4, -0.2) is 36.9 Å². The standard InChI is InChI=1S/C16H28N4O2.HI/c1-7-17-15(18-9-12-10(2)20-22-11(12)3)19-13-8-14(21-6)16(13,4)5;/h13-14H,7-9H2,1-6H3,(H2,17,18,19);1H. The molecule has 1 aromatic rings. The first-order valence-corrected chi connectivity index (χ1v) is 7.89. The maximum Gasteiger partial charge on any atom is 0.191 e. The van der Waals surface area contributed by atoms with Gasteiger partial charge in [0.15, 0.2) is 5.96 Å². The second-order valence-corrected chi connectivity index (χ2v) is 6.48. The van der Waals surface area contributed by atoms with E-state index in [1.54, 1.807) is 7.11 Å². The smallest absolute Gasteiger partial charge is 0.191 e. The molecular formula is C16H29IN4O2. The van der Waals surface area contributed by atoms with Gasteiger partial charge in [-0.1, -0.05) is 19.0 Å². The van der Waals surface area contributed by atoms with Crippen molar-refractivity contribution in [3.8, 4) is 0 Å². The van der Waals surface area contributed by atoms with E-state index in [-0.39, 0.29) is 29.4 Å². The van der Waals surface area contributed by atoms with Crippen LogP contribution in [-0.2, 0) is 11.3 Å². The summed E-state index contributed by atoms with van der Waals surface area (Å²) in [5.74, 6) is 1.66. The first-order chi connectivity index (χ1) is 10.4. The van der Waals surface area contributed by atoms with Crippen LogP contribution >= 0.6 is 24.0 Å². The van der Waals surface area contributed by atoms with Crippen LogP contribution in [0.3, 0.4) is 0 Å². The molecule has 0 aliphatic heterocycles. The molecule has 23 heavy (non-hydrogen) atoms. The highest BCUT2D eigenvalue weighted by Gasteiger charge is 2.48. The summed E-state index contributed by atoms with van der Waals surface area (Å²) in [6, 6.07) is 0.361. The zero-order valence-electron chi connectivity index (χ0n) is 14.9. The van der Waals surface area contributed by atoms with Gasteiger partial charge in [-0.05, 0) is 27.2 Å². The van der Waals surface area contributed by atoms with Gasteiger partial charge in [0.05, 0.1) is 18.3 Å². The Labute approximate surface area is 155 Å². The third kappa shape index (κ3) is 4.37. The minimum absolute atomic E-state index is 0. The third-order valence-corrected chi connectivity index (χ3v) is 4.69. The van der Waals surface area contributed by atoms with E-state index in [1.807, 2.05) is 13.8 Å². The molecule has 2 atom stereocenters. The number of aliphatic imine (C=N–C) groups is 1. The van der Waals surface area contributed by atoms with Gasteiger partial charge in [-0.3, -0.25) is 0 Å². The zero-order chi connectivity index (χ0) is 16.3. The summed E-state index contributed by atoms with van der Waals surface area (Å²) in [4.78, 5) is 4.67. The van der Waals surface area contributed by atoms with Crippen LogP contribution in [0.2, 0.25) is 0 Å². The fourth-order valence-corrected chi connectivity index (χ4v) is 2.90. The number of hydrogen-bond acceptors (Lipinski definition) is 4. The van der Waals surface area contributed by atoms with Gasteiger partial charge in [-0.2, -0.15) is 0 Å². The Hall–Kier alpha value is -0.830. The van der Waals surface area contributed by atoms with Gasteiger partial charge in [-0.25, -0.2) is 4.99 Å². The number of aryl methyl sites for hydroxylation is 2. The van der Waals surface area contributed by atoms with Crippen LogP contribution < -0.4 is 10.6 Å². The lowest BCUT2D eigenvalue weighted by Crippen LogP contribution is -2.63. The van der Waals surface area contributed by atoms with Crippen molar-refractivity contribution in [3.05, 3.63) is 17.0 Å². The molecule has 132 valence electrons. The minimum Gasteiger partial charge on any atom is -0.381 e. The number of nitrogens with zero attached hydrogens (tertiary/aromatic N) is 2. The van der Waals surface area contributed by atoms with E-state index in [0.717, 1.165) is 35.9 Å². The number of guanidine groups is 1. The Kier molecular flexibility index (Phi) is 7.31. The fourth-order valence-electron chi connectivity index (χ4n) is 2.90. The van der Waals surface area contributed by atoms with Gasteiger partial charge in [0, 0.05) is 30.7 Å². The third-order valence-electron chi connectivity index (χ3n) is 4.69. The van der Waals surface area contributed by atoms with Gasteiger partial charge in [0.2, 0.25) is 0 Å². The zero-order valence-corrected chi connectivity index (χ0v) is 17.2. The average molecular weight is 436 g/mol. The molecule has 7 heteroatoms. The molecule has 1 aliphatic rings. The van der Waals surface area contributed by atoms with Crippen molar-refractivity contribution < 1.29 is 9.26 Å². The van der Waals surface area contributed by atoms with Gasteiger partial charge in [-0.15, -0.1) is 24.0 Å². The molecule has 2 N–H and O–H groups in total. The Bertz CT molecular complexity index is 523. The molecule has 1 heterocycles. The summed E-state index contributed by atoms with van der Waals surface area (Å²) in [5.41, 5.74) is 2.06. The molecule has 1 fully saturated rings. The van der Waals surface area contributed by atoms with E-state index in [1.165, 1.54) is 0 Å². The van der Waals surface area contributed by atoms with Crippen molar-refractivity contribution in [2.24, 2.45) is 10.4 Å².